The van der Waals surface area contributed by atoms with Gasteiger partial charge in [0.05, 0.1) is 32.0 Å². The number of hydrogen-bond donors (Lipinski definition) is 0. The standard InChI is InChI=1S/C20H19N3S2/c1-3-7-17-15(5-1)21-19(24-17)13-23-11-9-14(10-12-23)20-22-16-6-2-4-8-18(16)25-20/h1-8,14H,9-13H2. The molecule has 1 aliphatic rings. The molecule has 0 unspecified atom stereocenters. The van der Waals surface area contributed by atoms with E-state index in [-0.39, 0.29) is 0 Å². The molecule has 25 heavy (non-hydrogen) atoms. The Bertz CT molecular complexity index is 946. The van der Waals surface area contributed by atoms with Crippen molar-refractivity contribution < 1.29 is 0 Å². The molecule has 0 N–H and O–H groups in total. The highest BCUT2D eigenvalue weighted by Gasteiger charge is 2.23. The molecule has 0 bridgehead atoms. The van der Waals surface area contributed by atoms with Gasteiger partial charge in [-0.3, -0.25) is 4.90 Å². The first kappa shape index (κ1) is 15.4. The van der Waals surface area contributed by atoms with Gasteiger partial charge in [0.15, 0.2) is 0 Å². The molecular weight excluding hydrogens is 346 g/mol. The number of aromatic nitrogens is 2. The van der Waals surface area contributed by atoms with Gasteiger partial charge in [0.1, 0.15) is 5.01 Å². The molecule has 1 fully saturated rings. The van der Waals surface area contributed by atoms with Crippen molar-refractivity contribution in [1.29, 1.82) is 0 Å². The second-order valence-corrected chi connectivity index (χ2v) is 8.82. The third-order valence-electron chi connectivity index (χ3n) is 4.94. The summed E-state index contributed by atoms with van der Waals surface area (Å²) in [5, 5.41) is 2.56. The first-order chi connectivity index (χ1) is 12.3. The minimum Gasteiger partial charge on any atom is -0.297 e. The summed E-state index contributed by atoms with van der Waals surface area (Å²) in [7, 11) is 0. The average Bonchev–Trinajstić information content (AvgIpc) is 3.25. The monoisotopic (exact) mass is 365 g/mol. The van der Waals surface area contributed by atoms with Crippen molar-refractivity contribution in [3.8, 4) is 0 Å². The van der Waals surface area contributed by atoms with Crippen molar-refractivity contribution >= 4 is 43.1 Å². The number of thiazole rings is 2. The molecule has 0 saturated carbocycles. The third-order valence-corrected chi connectivity index (χ3v) is 7.16. The smallest absolute Gasteiger partial charge is 0.108 e. The fourth-order valence-electron chi connectivity index (χ4n) is 3.58. The summed E-state index contributed by atoms with van der Waals surface area (Å²) in [6.45, 7) is 3.25. The largest absolute Gasteiger partial charge is 0.297 e. The van der Waals surface area contributed by atoms with Gasteiger partial charge in [-0.05, 0) is 50.2 Å². The van der Waals surface area contributed by atoms with Crippen LogP contribution in [0, 0.1) is 0 Å². The lowest BCUT2D eigenvalue weighted by Gasteiger charge is -2.30. The summed E-state index contributed by atoms with van der Waals surface area (Å²) < 4.78 is 2.61. The molecule has 1 saturated heterocycles. The molecule has 2 aromatic heterocycles. The van der Waals surface area contributed by atoms with E-state index in [9.17, 15) is 0 Å². The van der Waals surface area contributed by atoms with Gasteiger partial charge in [-0.25, -0.2) is 9.97 Å². The summed E-state index contributed by atoms with van der Waals surface area (Å²) in [5.74, 6) is 0.615. The van der Waals surface area contributed by atoms with Crippen molar-refractivity contribution in [2.24, 2.45) is 0 Å². The quantitative estimate of drug-likeness (QED) is 0.494. The summed E-state index contributed by atoms with van der Waals surface area (Å²) in [4.78, 5) is 12.2. The molecule has 0 aliphatic carbocycles. The first-order valence-electron chi connectivity index (χ1n) is 8.77. The highest BCUT2D eigenvalue weighted by atomic mass is 32.1. The van der Waals surface area contributed by atoms with E-state index in [0.29, 0.717) is 5.92 Å². The van der Waals surface area contributed by atoms with Crippen LogP contribution >= 0.6 is 22.7 Å². The average molecular weight is 366 g/mol. The summed E-state index contributed by atoms with van der Waals surface area (Å²) in [5.41, 5.74) is 2.28. The number of para-hydroxylation sites is 2. The molecule has 1 aliphatic heterocycles. The van der Waals surface area contributed by atoms with Gasteiger partial charge in [0.2, 0.25) is 0 Å². The van der Waals surface area contributed by atoms with Crippen molar-refractivity contribution in [2.75, 3.05) is 13.1 Å². The van der Waals surface area contributed by atoms with Crippen molar-refractivity contribution in [2.45, 2.75) is 25.3 Å². The highest BCUT2D eigenvalue weighted by Crippen LogP contribution is 2.34. The Morgan fingerprint density at radius 1 is 0.840 bits per heavy atom. The van der Waals surface area contributed by atoms with E-state index in [1.165, 1.54) is 32.3 Å². The van der Waals surface area contributed by atoms with Crippen LogP contribution in [0.3, 0.4) is 0 Å². The lowest BCUT2D eigenvalue weighted by molar-refractivity contribution is 0.204. The fourth-order valence-corrected chi connectivity index (χ4v) is 5.73. The summed E-state index contributed by atoms with van der Waals surface area (Å²) in [6.07, 6.45) is 2.40. The lowest BCUT2D eigenvalue weighted by atomic mass is 9.97. The van der Waals surface area contributed by atoms with Gasteiger partial charge in [0.25, 0.3) is 0 Å². The Labute approximate surface area is 155 Å². The van der Waals surface area contributed by atoms with Crippen molar-refractivity contribution in [3.63, 3.8) is 0 Å². The van der Waals surface area contributed by atoms with Crippen LogP contribution in [0.15, 0.2) is 48.5 Å². The Morgan fingerprint density at radius 2 is 1.48 bits per heavy atom. The Hall–Kier alpha value is -1.82. The molecule has 3 nitrogen and oxygen atoms in total. The molecule has 4 aromatic rings. The van der Waals surface area contributed by atoms with Gasteiger partial charge in [-0.2, -0.15) is 0 Å². The number of fused-ring (bicyclic) bond motifs is 2. The van der Waals surface area contributed by atoms with E-state index in [2.05, 4.69) is 53.4 Å². The number of nitrogens with zero attached hydrogens (tertiary/aromatic N) is 3. The van der Waals surface area contributed by atoms with Crippen molar-refractivity contribution in [3.05, 3.63) is 58.5 Å². The topological polar surface area (TPSA) is 29.0 Å². The van der Waals surface area contributed by atoms with E-state index in [0.717, 1.165) is 30.7 Å². The van der Waals surface area contributed by atoms with Crippen LogP contribution < -0.4 is 0 Å². The van der Waals surface area contributed by atoms with Crippen molar-refractivity contribution in [1.82, 2.24) is 14.9 Å². The number of benzene rings is 2. The molecule has 0 spiro atoms. The van der Waals surface area contributed by atoms with E-state index in [1.807, 2.05) is 22.7 Å². The van der Waals surface area contributed by atoms with Crippen LogP contribution in [-0.4, -0.2) is 28.0 Å². The molecule has 126 valence electrons. The van der Waals surface area contributed by atoms with Crippen LogP contribution in [0.1, 0.15) is 28.8 Å². The van der Waals surface area contributed by atoms with Crippen LogP contribution in [0.4, 0.5) is 0 Å². The number of piperidine rings is 1. The second-order valence-electron chi connectivity index (χ2n) is 6.65. The minimum absolute atomic E-state index is 0.615. The van der Waals surface area contributed by atoms with Gasteiger partial charge < -0.3 is 0 Å². The third kappa shape index (κ3) is 3.08. The van der Waals surface area contributed by atoms with Crippen LogP contribution in [0.25, 0.3) is 20.4 Å². The van der Waals surface area contributed by atoms with Crippen LogP contribution in [0.5, 0.6) is 0 Å². The second kappa shape index (κ2) is 6.48. The summed E-state index contributed by atoms with van der Waals surface area (Å²) >= 11 is 3.70. The molecule has 3 heterocycles. The molecule has 0 radical (unpaired) electrons. The maximum Gasteiger partial charge on any atom is 0.108 e. The fraction of sp³-hybridized carbons (Fsp3) is 0.300. The number of rotatable bonds is 3. The zero-order chi connectivity index (χ0) is 16.6. The molecule has 2 aromatic carbocycles. The predicted octanol–water partition coefficient (Wildman–Crippen LogP) is 5.29. The van der Waals surface area contributed by atoms with E-state index in [1.54, 1.807) is 0 Å². The van der Waals surface area contributed by atoms with E-state index < -0.39 is 0 Å². The Kier molecular flexibility index (Phi) is 4.00. The Balaban J connectivity index is 1.26. The normalized spacial score (nSPS) is 16.8. The van der Waals surface area contributed by atoms with Crippen LogP contribution in [0.2, 0.25) is 0 Å². The van der Waals surface area contributed by atoms with Gasteiger partial charge in [0, 0.05) is 5.92 Å². The zero-order valence-electron chi connectivity index (χ0n) is 13.9. The number of hydrogen-bond acceptors (Lipinski definition) is 5. The zero-order valence-corrected chi connectivity index (χ0v) is 15.5. The first-order valence-corrected chi connectivity index (χ1v) is 10.4. The molecule has 0 atom stereocenters. The molecule has 0 amide bonds. The predicted molar refractivity (Wildman–Crippen MR) is 106 cm³/mol. The van der Waals surface area contributed by atoms with Gasteiger partial charge >= 0.3 is 0 Å². The maximum absolute atomic E-state index is 4.86. The SMILES string of the molecule is c1ccc2sc(CN3CCC(c4nc5ccccc5s4)CC3)nc2c1. The van der Waals surface area contributed by atoms with Crippen LogP contribution in [-0.2, 0) is 6.54 Å². The van der Waals surface area contributed by atoms with Gasteiger partial charge in [-0.1, -0.05) is 24.3 Å². The molecular formula is C20H19N3S2. The number of likely N-dealkylation sites (tertiary alicyclic amines) is 1. The maximum atomic E-state index is 4.86. The van der Waals surface area contributed by atoms with E-state index in [4.69, 9.17) is 9.97 Å². The van der Waals surface area contributed by atoms with E-state index >= 15 is 0 Å². The van der Waals surface area contributed by atoms with Gasteiger partial charge in [-0.15, -0.1) is 22.7 Å². The Morgan fingerprint density at radius 3 is 2.16 bits per heavy atom. The molecule has 5 rings (SSSR count). The lowest BCUT2D eigenvalue weighted by Crippen LogP contribution is -2.32. The molecule has 5 heteroatoms. The minimum atomic E-state index is 0.615. The summed E-state index contributed by atoms with van der Waals surface area (Å²) in [6, 6.07) is 16.9. The highest BCUT2D eigenvalue weighted by molar-refractivity contribution is 7.18.